The van der Waals surface area contributed by atoms with Gasteiger partial charge in [-0.15, -0.1) is 0 Å². The predicted molar refractivity (Wildman–Crippen MR) is 109 cm³/mol. The number of aryl methyl sites for hydroxylation is 1. The molecule has 2 unspecified atom stereocenters. The van der Waals surface area contributed by atoms with E-state index in [1.807, 2.05) is 31.3 Å². The number of rotatable bonds is 5. The Hall–Kier alpha value is -2.34. The van der Waals surface area contributed by atoms with Crippen LogP contribution in [0.5, 0.6) is 5.75 Å². The summed E-state index contributed by atoms with van der Waals surface area (Å²) in [6.07, 6.45) is 4.83. The number of hydrogen-bond donors (Lipinski definition) is 1. The van der Waals surface area contributed by atoms with Crippen molar-refractivity contribution in [1.82, 2.24) is 20.0 Å². The van der Waals surface area contributed by atoms with Gasteiger partial charge in [0.2, 0.25) is 0 Å². The Morgan fingerprint density at radius 1 is 1.25 bits per heavy atom. The highest BCUT2D eigenvalue weighted by Gasteiger charge is 2.28. The topological polar surface area (TPSA) is 59.4 Å². The van der Waals surface area contributed by atoms with Crippen molar-refractivity contribution in [1.29, 1.82) is 0 Å². The second-order valence-electron chi connectivity index (χ2n) is 8.06. The number of carbonyl (C=O) groups is 1. The molecule has 0 radical (unpaired) electrons. The van der Waals surface area contributed by atoms with Crippen molar-refractivity contribution in [3.8, 4) is 17.0 Å². The largest absolute Gasteiger partial charge is 0.488 e. The maximum atomic E-state index is 12.8. The Morgan fingerprint density at radius 2 is 2.00 bits per heavy atom. The number of aromatic nitrogens is 2. The second kappa shape index (κ2) is 7.95. The van der Waals surface area contributed by atoms with Gasteiger partial charge in [0.1, 0.15) is 12.4 Å². The smallest absolute Gasteiger partial charge is 0.272 e. The third-order valence-electron chi connectivity index (χ3n) is 6.13. The highest BCUT2D eigenvalue weighted by Crippen LogP contribution is 2.38. The Balaban J connectivity index is 1.39. The fourth-order valence-corrected chi connectivity index (χ4v) is 4.62. The van der Waals surface area contributed by atoms with Crippen LogP contribution in [0.4, 0.5) is 0 Å². The first-order valence-corrected chi connectivity index (χ1v) is 10.4. The molecule has 6 heteroatoms. The maximum absolute atomic E-state index is 12.8. The van der Waals surface area contributed by atoms with E-state index in [1.54, 1.807) is 4.68 Å². The summed E-state index contributed by atoms with van der Waals surface area (Å²) in [5, 5.41) is 7.56. The molecule has 1 amide bonds. The van der Waals surface area contributed by atoms with Gasteiger partial charge >= 0.3 is 0 Å². The predicted octanol–water partition coefficient (Wildman–Crippen LogP) is 3.36. The van der Waals surface area contributed by atoms with Gasteiger partial charge in [-0.3, -0.25) is 14.4 Å². The molecule has 28 heavy (non-hydrogen) atoms. The van der Waals surface area contributed by atoms with Gasteiger partial charge < -0.3 is 10.1 Å². The van der Waals surface area contributed by atoms with Crippen molar-refractivity contribution in [3.05, 3.63) is 35.5 Å². The maximum Gasteiger partial charge on any atom is 0.272 e. The molecule has 1 aromatic carbocycles. The van der Waals surface area contributed by atoms with Crippen LogP contribution in [0.3, 0.4) is 0 Å². The number of nitrogens with one attached hydrogen (secondary N) is 1. The molecule has 0 saturated carbocycles. The van der Waals surface area contributed by atoms with E-state index >= 15 is 0 Å². The number of likely N-dealkylation sites (tertiary alicyclic amines) is 1. The molecule has 1 aromatic heterocycles. The quantitative estimate of drug-likeness (QED) is 0.806. The lowest BCUT2D eigenvalue weighted by Crippen LogP contribution is -2.44. The number of carbonyl (C=O) groups excluding carboxylic acids is 1. The lowest BCUT2D eigenvalue weighted by Gasteiger charge is -2.39. The lowest BCUT2D eigenvalue weighted by atomic mass is 9.97. The van der Waals surface area contributed by atoms with Crippen LogP contribution in [-0.4, -0.2) is 45.8 Å². The van der Waals surface area contributed by atoms with Gasteiger partial charge in [-0.2, -0.15) is 5.10 Å². The summed E-state index contributed by atoms with van der Waals surface area (Å²) in [4.78, 5) is 15.3. The van der Waals surface area contributed by atoms with Crippen molar-refractivity contribution in [2.75, 3.05) is 13.1 Å². The summed E-state index contributed by atoms with van der Waals surface area (Å²) in [7, 11) is 1.89. The van der Waals surface area contributed by atoms with Gasteiger partial charge in [0.25, 0.3) is 5.91 Å². The van der Waals surface area contributed by atoms with E-state index in [1.165, 1.54) is 19.3 Å². The second-order valence-corrected chi connectivity index (χ2v) is 8.06. The van der Waals surface area contributed by atoms with Gasteiger partial charge in [0, 0.05) is 43.3 Å². The molecule has 6 nitrogen and oxygen atoms in total. The molecule has 0 aliphatic carbocycles. The van der Waals surface area contributed by atoms with Gasteiger partial charge in [0.15, 0.2) is 5.69 Å². The average molecular weight is 383 g/mol. The third kappa shape index (κ3) is 3.53. The number of piperidine rings is 1. The summed E-state index contributed by atoms with van der Waals surface area (Å²) >= 11 is 0. The summed E-state index contributed by atoms with van der Waals surface area (Å²) in [6, 6.07) is 9.18. The molecule has 1 saturated heterocycles. The van der Waals surface area contributed by atoms with Gasteiger partial charge in [-0.25, -0.2) is 0 Å². The Bertz CT molecular complexity index is 850. The molecule has 4 rings (SSSR count). The number of fused-ring (bicyclic) bond motifs is 3. The van der Waals surface area contributed by atoms with E-state index in [2.05, 4.69) is 29.2 Å². The van der Waals surface area contributed by atoms with Gasteiger partial charge in [0.05, 0.1) is 5.69 Å². The van der Waals surface area contributed by atoms with E-state index in [-0.39, 0.29) is 5.91 Å². The van der Waals surface area contributed by atoms with Gasteiger partial charge in [-0.1, -0.05) is 18.6 Å². The first kappa shape index (κ1) is 19.0. The number of hydrogen-bond acceptors (Lipinski definition) is 4. The minimum Gasteiger partial charge on any atom is -0.488 e. The SMILES string of the molecule is CC1CCCC(C)N1CCCNC(=O)c1nn(C)c2c1COc1ccccc1-2. The van der Waals surface area contributed by atoms with Crippen molar-refractivity contribution in [3.63, 3.8) is 0 Å². The Morgan fingerprint density at radius 3 is 2.79 bits per heavy atom. The zero-order valence-electron chi connectivity index (χ0n) is 17.1. The fourth-order valence-electron chi connectivity index (χ4n) is 4.62. The molecule has 2 atom stereocenters. The first-order valence-electron chi connectivity index (χ1n) is 10.4. The monoisotopic (exact) mass is 382 g/mol. The summed E-state index contributed by atoms with van der Waals surface area (Å²) in [5.41, 5.74) is 3.32. The fraction of sp³-hybridized carbons (Fsp3) is 0.545. The van der Waals surface area contributed by atoms with Crippen LogP contribution in [0.2, 0.25) is 0 Å². The molecule has 1 N–H and O–H groups in total. The van der Waals surface area contributed by atoms with E-state index in [0.717, 1.165) is 35.5 Å². The van der Waals surface area contributed by atoms with Crippen LogP contribution in [0.1, 0.15) is 55.6 Å². The molecule has 2 aliphatic heterocycles. The number of benzene rings is 1. The lowest BCUT2D eigenvalue weighted by molar-refractivity contribution is 0.0919. The number of nitrogens with zero attached hydrogens (tertiary/aromatic N) is 3. The third-order valence-corrected chi connectivity index (χ3v) is 6.13. The first-order chi connectivity index (χ1) is 13.6. The van der Waals surface area contributed by atoms with E-state index in [9.17, 15) is 4.79 Å². The standard InChI is InChI=1S/C22H30N4O2/c1-15-8-6-9-16(2)26(15)13-7-12-23-22(27)20-18-14-28-19-11-5-4-10-17(19)21(18)25(3)24-20/h4-5,10-11,15-16H,6-9,12-14H2,1-3H3,(H,23,27). The molecule has 2 aromatic rings. The van der Waals surface area contributed by atoms with Crippen LogP contribution in [0.15, 0.2) is 24.3 Å². The van der Waals surface area contributed by atoms with Gasteiger partial charge in [-0.05, 0) is 45.2 Å². The van der Waals surface area contributed by atoms with E-state index in [4.69, 9.17) is 4.74 Å². The van der Waals surface area contributed by atoms with E-state index < -0.39 is 0 Å². The minimum absolute atomic E-state index is 0.112. The molecule has 150 valence electrons. The van der Waals surface area contributed by atoms with E-state index in [0.29, 0.717) is 30.9 Å². The number of amides is 1. The number of ether oxygens (including phenoxy) is 1. The van der Waals surface area contributed by atoms with Crippen LogP contribution in [-0.2, 0) is 13.7 Å². The van der Waals surface area contributed by atoms with Crippen LogP contribution >= 0.6 is 0 Å². The summed E-state index contributed by atoms with van der Waals surface area (Å²) in [6.45, 7) is 6.70. The zero-order chi connectivity index (χ0) is 19.7. The van der Waals surface area contributed by atoms with Crippen molar-refractivity contribution in [2.45, 2.75) is 58.2 Å². The highest BCUT2D eigenvalue weighted by atomic mass is 16.5. The van der Waals surface area contributed by atoms with Crippen LogP contribution in [0, 0.1) is 0 Å². The Labute approximate surface area is 166 Å². The van der Waals surface area contributed by atoms with Crippen LogP contribution in [0.25, 0.3) is 11.3 Å². The zero-order valence-corrected chi connectivity index (χ0v) is 17.1. The normalized spacial score (nSPS) is 21.5. The van der Waals surface area contributed by atoms with Crippen molar-refractivity contribution < 1.29 is 9.53 Å². The molecular weight excluding hydrogens is 352 g/mol. The molecule has 2 aliphatic rings. The van der Waals surface area contributed by atoms with Crippen LogP contribution < -0.4 is 10.1 Å². The Kier molecular flexibility index (Phi) is 5.40. The molecule has 1 fully saturated rings. The molecular formula is C22H30N4O2. The molecule has 0 bridgehead atoms. The number of para-hydroxylation sites is 1. The average Bonchev–Trinajstić information content (AvgIpc) is 3.04. The molecule has 0 spiro atoms. The van der Waals surface area contributed by atoms with Crippen molar-refractivity contribution >= 4 is 5.91 Å². The molecule has 3 heterocycles. The summed E-state index contributed by atoms with van der Waals surface area (Å²) in [5.74, 6) is 0.731. The van der Waals surface area contributed by atoms with Crippen molar-refractivity contribution in [2.24, 2.45) is 7.05 Å². The highest BCUT2D eigenvalue weighted by molar-refractivity contribution is 5.96. The minimum atomic E-state index is -0.112. The summed E-state index contributed by atoms with van der Waals surface area (Å²) < 4.78 is 7.64.